The molecule has 9 rings (SSSR count). The number of likely N-dealkylation sites (tertiary alicyclic amines) is 1. The number of aromatic nitrogens is 5. The van der Waals surface area contributed by atoms with Crippen molar-refractivity contribution in [3.8, 4) is 27.4 Å². The van der Waals surface area contributed by atoms with Gasteiger partial charge in [-0.1, -0.05) is 57.2 Å². The highest BCUT2D eigenvalue weighted by Gasteiger charge is 2.47. The molecule has 67 heavy (non-hydrogen) atoms. The number of nitrogens with zero attached hydrogens (tertiary/aromatic N) is 8. The molecule has 1 saturated carbocycles. The molecular weight excluding hydrogens is 867 g/mol. The number of piperazine rings is 1. The Bertz CT molecular complexity index is 2560. The van der Waals surface area contributed by atoms with E-state index in [1.165, 1.54) is 0 Å². The van der Waals surface area contributed by atoms with Crippen molar-refractivity contribution in [3.63, 3.8) is 0 Å². The lowest BCUT2D eigenvalue weighted by Gasteiger charge is -2.42. The van der Waals surface area contributed by atoms with E-state index >= 15 is 0 Å². The minimum atomic E-state index is -0.826. The Morgan fingerprint density at radius 3 is 2.25 bits per heavy atom. The number of aromatic hydroxyl groups is 1. The number of anilines is 3. The fourth-order valence-electron chi connectivity index (χ4n) is 10.6. The first kappa shape index (κ1) is 46.1. The van der Waals surface area contributed by atoms with Gasteiger partial charge in [0, 0.05) is 55.6 Å². The van der Waals surface area contributed by atoms with E-state index in [0.717, 1.165) is 77.7 Å². The highest BCUT2D eigenvalue weighted by atomic mass is 32.1. The van der Waals surface area contributed by atoms with Crippen LogP contribution in [-0.2, 0) is 20.9 Å². The molecule has 2 aromatic carbocycles. The van der Waals surface area contributed by atoms with E-state index in [2.05, 4.69) is 40.5 Å². The summed E-state index contributed by atoms with van der Waals surface area (Å²) in [6.45, 7) is 11.1. The zero-order valence-electron chi connectivity index (χ0n) is 38.6. The van der Waals surface area contributed by atoms with Gasteiger partial charge in [0.1, 0.15) is 5.75 Å². The molecule has 6 N–H and O–H groups in total. The number of piperidine rings is 1. The number of carbonyl (C=O) groups excluding carboxylic acids is 3. The number of hydrogen-bond donors (Lipinski definition) is 5. The zero-order chi connectivity index (χ0) is 47.0. The predicted octanol–water partition coefficient (Wildman–Crippen LogP) is 5.49. The number of amides is 2. The molecule has 4 fully saturated rings. The van der Waals surface area contributed by atoms with Crippen LogP contribution in [0, 0.1) is 24.2 Å². The Hall–Kier alpha value is -6.04. The van der Waals surface area contributed by atoms with Crippen LogP contribution in [0.15, 0.2) is 72.5 Å². The van der Waals surface area contributed by atoms with Crippen molar-refractivity contribution in [2.45, 2.75) is 103 Å². The highest BCUT2D eigenvalue weighted by Crippen LogP contribution is 2.40. The van der Waals surface area contributed by atoms with E-state index in [4.69, 9.17) is 15.7 Å². The van der Waals surface area contributed by atoms with Gasteiger partial charge in [-0.2, -0.15) is 0 Å². The molecule has 3 saturated heterocycles. The Morgan fingerprint density at radius 2 is 1.60 bits per heavy atom. The summed E-state index contributed by atoms with van der Waals surface area (Å²) in [6, 6.07) is 16.6. The zero-order valence-corrected chi connectivity index (χ0v) is 39.5. The minimum absolute atomic E-state index is 0.143. The number of nitrogen functional groups attached to an aromatic ring is 1. The van der Waals surface area contributed by atoms with Gasteiger partial charge in [0.2, 0.25) is 17.8 Å². The molecule has 3 aliphatic heterocycles. The Balaban J connectivity index is 0.760. The van der Waals surface area contributed by atoms with E-state index in [0.29, 0.717) is 36.7 Å². The number of Topliss-reactive ketones (excluding diaryl/α,β-unsaturated/α-hetero) is 1. The Labute approximate surface area is 395 Å². The van der Waals surface area contributed by atoms with E-state index < -0.39 is 29.4 Å². The number of phenolic OH excluding ortho intramolecular Hbond substituents is 1. The first-order valence-corrected chi connectivity index (χ1v) is 24.4. The van der Waals surface area contributed by atoms with Crippen LogP contribution in [0.1, 0.15) is 82.0 Å². The minimum Gasteiger partial charge on any atom is -0.507 e. The maximum Gasteiger partial charge on any atom is 0.234 e. The number of ketones is 1. The number of para-hydroxylation sites is 1. The molecule has 0 spiro atoms. The molecule has 5 aromatic rings. The second-order valence-electron chi connectivity index (χ2n) is 19.9. The second-order valence-corrected chi connectivity index (χ2v) is 20.7. The molecule has 2 bridgehead atoms. The number of carbonyl (C=O) groups is 3. The molecule has 3 aromatic heterocycles. The first-order valence-electron chi connectivity index (χ1n) is 23.5. The summed E-state index contributed by atoms with van der Waals surface area (Å²) >= 11 is 1.59. The Kier molecular flexibility index (Phi) is 13.3. The summed E-state index contributed by atoms with van der Waals surface area (Å²) in [5.41, 5.74) is 13.6. The van der Waals surface area contributed by atoms with Crippen LogP contribution in [0.2, 0.25) is 0 Å². The molecule has 352 valence electrons. The number of hydrogen-bond acceptors (Lipinski definition) is 15. The largest absolute Gasteiger partial charge is 0.507 e. The fraction of sp³-hybridized carbons (Fsp3) is 0.480. The average molecular weight is 928 g/mol. The molecular formula is C50H61N11O5S. The number of fused-ring (bicyclic) bond motifs is 2. The highest BCUT2D eigenvalue weighted by molar-refractivity contribution is 7.13. The van der Waals surface area contributed by atoms with Crippen molar-refractivity contribution in [2.75, 3.05) is 48.3 Å². The summed E-state index contributed by atoms with van der Waals surface area (Å²) in [7, 11) is 0. The SMILES string of the molecule is Cc1ncsc1-c1ccc(CNC(=O)[C@@H]2C[C@@H](O)CC2C(=O)[C@@H](NC(=O)CN2CCC(c3cnc(N4C5CCC4CN(c4cc(-c6ccccc6O)nnc4N)C5)nc3)CC2)C(C)(C)C)cc1. The predicted molar refractivity (Wildman–Crippen MR) is 258 cm³/mol. The number of aliphatic hydroxyl groups excluding tert-OH is 1. The van der Waals surface area contributed by atoms with Crippen molar-refractivity contribution in [2.24, 2.45) is 17.3 Å². The molecule has 4 aliphatic rings. The van der Waals surface area contributed by atoms with Gasteiger partial charge in [0.05, 0.1) is 52.1 Å². The van der Waals surface area contributed by atoms with Gasteiger partial charge in [-0.3, -0.25) is 19.3 Å². The third kappa shape index (κ3) is 10.00. The van der Waals surface area contributed by atoms with E-state index in [-0.39, 0.29) is 60.7 Å². The number of aliphatic hydroxyl groups is 1. The number of rotatable bonds is 13. The summed E-state index contributed by atoms with van der Waals surface area (Å²) in [4.78, 5) is 63.5. The summed E-state index contributed by atoms with van der Waals surface area (Å²) in [6.07, 6.45) is 7.24. The normalized spacial score (nSPS) is 22.7. The number of nitrogens with two attached hydrogens (primary N) is 1. The van der Waals surface area contributed by atoms with Gasteiger partial charge in [-0.05, 0) is 105 Å². The molecule has 6 atom stereocenters. The van der Waals surface area contributed by atoms with Crippen molar-refractivity contribution in [3.05, 3.63) is 89.3 Å². The molecule has 2 amide bonds. The Morgan fingerprint density at radius 1 is 0.910 bits per heavy atom. The van der Waals surface area contributed by atoms with Gasteiger partial charge in [0.25, 0.3) is 0 Å². The van der Waals surface area contributed by atoms with Crippen molar-refractivity contribution < 1.29 is 24.6 Å². The van der Waals surface area contributed by atoms with Crippen molar-refractivity contribution in [1.82, 2.24) is 40.7 Å². The number of benzene rings is 2. The monoisotopic (exact) mass is 927 g/mol. The number of thiazole rings is 1. The lowest BCUT2D eigenvalue weighted by molar-refractivity contribution is -0.137. The summed E-state index contributed by atoms with van der Waals surface area (Å²) < 4.78 is 0. The average Bonchev–Trinajstić information content (AvgIpc) is 4.01. The van der Waals surface area contributed by atoms with E-state index in [9.17, 15) is 24.6 Å². The van der Waals surface area contributed by atoms with Gasteiger partial charge in [-0.25, -0.2) is 15.0 Å². The molecule has 16 nitrogen and oxygen atoms in total. The quantitative estimate of drug-likeness (QED) is 0.0988. The van der Waals surface area contributed by atoms with E-state index in [1.54, 1.807) is 23.5 Å². The van der Waals surface area contributed by atoms with Crippen LogP contribution in [-0.4, -0.2) is 115 Å². The molecule has 6 heterocycles. The third-order valence-electron chi connectivity index (χ3n) is 14.2. The number of aryl methyl sites for hydroxylation is 1. The maximum absolute atomic E-state index is 14.3. The van der Waals surface area contributed by atoms with Crippen LogP contribution in [0.5, 0.6) is 5.75 Å². The van der Waals surface area contributed by atoms with Crippen LogP contribution in [0.3, 0.4) is 0 Å². The van der Waals surface area contributed by atoms with Gasteiger partial charge in [0.15, 0.2) is 11.6 Å². The fourth-order valence-corrected chi connectivity index (χ4v) is 11.4. The molecule has 3 unspecified atom stereocenters. The number of phenols is 1. The maximum atomic E-state index is 14.3. The van der Waals surface area contributed by atoms with Crippen LogP contribution in [0.25, 0.3) is 21.7 Å². The smallest absolute Gasteiger partial charge is 0.234 e. The third-order valence-corrected chi connectivity index (χ3v) is 15.2. The standard InChI is InChI=1S/C50H61N11O5S/c1-29-45(67-28-55-29)32-11-9-30(10-12-32)22-52-48(66)39-20-36(62)19-38(39)44(65)46(50(2,3)4)56-43(64)27-59-17-15-31(16-18-59)33-23-53-49(54-24-33)61-34-13-14-35(61)26-60(25-34)41-21-40(57-58-47(41)51)37-7-5-6-8-42(37)63/h5-12,21,23-24,28,31,34-36,38-39,46,62-63H,13-20,22,25-27H2,1-4H3,(H2,51,58)(H,52,66)(H,56,64)/t34?,35?,36-,38?,39+,46+/m0/s1. The molecule has 1 aliphatic carbocycles. The lowest BCUT2D eigenvalue weighted by atomic mass is 9.77. The van der Waals surface area contributed by atoms with Crippen LogP contribution in [0.4, 0.5) is 17.5 Å². The van der Waals surface area contributed by atoms with Crippen molar-refractivity contribution in [1.29, 1.82) is 0 Å². The second kappa shape index (κ2) is 19.3. The first-order chi connectivity index (χ1) is 32.2. The van der Waals surface area contributed by atoms with E-state index in [1.807, 2.05) is 88.1 Å². The lowest BCUT2D eigenvalue weighted by Crippen LogP contribution is -2.54. The summed E-state index contributed by atoms with van der Waals surface area (Å²) in [5, 5.41) is 35.7. The number of nitrogens with one attached hydrogen (secondary N) is 2. The van der Waals surface area contributed by atoms with Crippen LogP contribution < -0.4 is 26.2 Å². The molecule has 17 heteroatoms. The van der Waals surface area contributed by atoms with Gasteiger partial charge >= 0.3 is 0 Å². The van der Waals surface area contributed by atoms with Gasteiger partial charge in [-0.15, -0.1) is 21.5 Å². The summed E-state index contributed by atoms with van der Waals surface area (Å²) in [5.74, 6) is -0.627. The topological polar surface area (TPSA) is 216 Å². The molecule has 0 radical (unpaired) electrons. The van der Waals surface area contributed by atoms with Gasteiger partial charge < -0.3 is 36.4 Å². The van der Waals surface area contributed by atoms with Crippen LogP contribution >= 0.6 is 11.3 Å². The van der Waals surface area contributed by atoms with Crippen molar-refractivity contribution >= 4 is 46.4 Å².